The van der Waals surface area contributed by atoms with Gasteiger partial charge in [0.1, 0.15) is 16.5 Å². The van der Waals surface area contributed by atoms with Crippen molar-refractivity contribution in [3.63, 3.8) is 0 Å². The third kappa shape index (κ3) is 7.08. The average Bonchev–Trinajstić information content (AvgIpc) is 3.34. The van der Waals surface area contributed by atoms with E-state index in [1.54, 1.807) is 44.3 Å². The Balaban J connectivity index is 1.69. The first-order chi connectivity index (χ1) is 19.7. The van der Waals surface area contributed by atoms with Crippen molar-refractivity contribution in [1.82, 2.24) is 19.6 Å². The summed E-state index contributed by atoms with van der Waals surface area (Å²) in [6.45, 7) is 7.32. The van der Waals surface area contributed by atoms with Gasteiger partial charge in [-0.2, -0.15) is 0 Å². The quantitative estimate of drug-likeness (QED) is 0.183. The lowest BCUT2D eigenvalue weighted by atomic mass is 9.81. The van der Waals surface area contributed by atoms with E-state index < -0.39 is 38.0 Å². The molecule has 2 N–H and O–H groups in total. The summed E-state index contributed by atoms with van der Waals surface area (Å²) in [5.74, 6) is -1.17. The van der Waals surface area contributed by atoms with Crippen molar-refractivity contribution < 1.29 is 22.0 Å². The largest absolute Gasteiger partial charge is 0.335 e. The van der Waals surface area contributed by atoms with Crippen LogP contribution in [0.5, 0.6) is 0 Å². The van der Waals surface area contributed by atoms with Crippen molar-refractivity contribution in [2.45, 2.75) is 55.0 Å². The van der Waals surface area contributed by atoms with Gasteiger partial charge >= 0.3 is 6.03 Å². The van der Waals surface area contributed by atoms with Crippen molar-refractivity contribution in [3.8, 4) is 5.69 Å². The number of sulfonamides is 1. The molecule has 0 unspecified atom stereocenters. The van der Waals surface area contributed by atoms with E-state index >= 15 is 0 Å². The number of nitrogens with one attached hydrogen (secondary N) is 2. The summed E-state index contributed by atoms with van der Waals surface area (Å²) < 4.78 is 57.6. The Kier molecular flexibility index (Phi) is 9.56. The number of benzene rings is 3. The molecular weight excluding hydrogens is 625 g/mol. The van der Waals surface area contributed by atoms with Gasteiger partial charge in [-0.05, 0) is 73.5 Å². The summed E-state index contributed by atoms with van der Waals surface area (Å²) in [5.41, 5.74) is 2.16. The number of aromatic nitrogens is 2. The number of carbonyl (C=O) groups excluding carboxylic acids is 1. The number of halogens is 4. The zero-order valence-electron chi connectivity index (χ0n) is 23.1. The highest BCUT2D eigenvalue weighted by Crippen LogP contribution is 2.38. The molecule has 0 saturated carbocycles. The van der Waals surface area contributed by atoms with Crippen LogP contribution < -0.4 is 10.0 Å². The standard InChI is InChI=1S/C29H28Cl2F2N4O3S2/c1-17(2)35-27(38)36-42(39,40)25-13-18(5-12-24(25)33)16-41-28-34-15-26(37(28)21-9-7-20(32)8-10-21)29(3,4)19-6-11-22(30)23(31)14-19/h5-15,17H,16H2,1-4H3,(H2,35,36,38). The predicted octanol–water partition coefficient (Wildman–Crippen LogP) is 7.47. The van der Waals surface area contributed by atoms with Gasteiger partial charge in [-0.1, -0.05) is 60.9 Å². The number of hydrogen-bond donors (Lipinski definition) is 2. The molecule has 0 aliphatic heterocycles. The van der Waals surface area contributed by atoms with E-state index in [0.29, 0.717) is 26.5 Å². The highest BCUT2D eigenvalue weighted by atomic mass is 35.5. The van der Waals surface area contributed by atoms with Crippen LogP contribution in [-0.4, -0.2) is 30.0 Å². The SMILES string of the molecule is CC(C)NC(=O)NS(=O)(=O)c1cc(CSc2ncc(C(C)(C)c3ccc(Cl)c(Cl)c3)n2-c2ccc(F)cc2)ccc1F. The summed E-state index contributed by atoms with van der Waals surface area (Å²) in [5, 5.41) is 3.77. The molecule has 0 aliphatic carbocycles. The third-order valence-corrected chi connectivity index (χ3v) is 9.50. The Bertz CT molecular complexity index is 1730. The minimum absolute atomic E-state index is 0.214. The van der Waals surface area contributed by atoms with Crippen LogP contribution in [0.25, 0.3) is 5.69 Å². The minimum Gasteiger partial charge on any atom is -0.335 e. The van der Waals surface area contributed by atoms with Gasteiger partial charge in [-0.15, -0.1) is 0 Å². The molecule has 0 aliphatic rings. The van der Waals surface area contributed by atoms with E-state index in [0.717, 1.165) is 17.3 Å². The Hall–Kier alpha value is -3.12. The van der Waals surface area contributed by atoms with E-state index in [9.17, 15) is 22.0 Å². The van der Waals surface area contributed by atoms with E-state index in [2.05, 4.69) is 10.3 Å². The van der Waals surface area contributed by atoms with Crippen molar-refractivity contribution in [1.29, 1.82) is 0 Å². The van der Waals surface area contributed by atoms with Gasteiger partial charge < -0.3 is 5.32 Å². The molecule has 222 valence electrons. The van der Waals surface area contributed by atoms with E-state index in [-0.39, 0.29) is 11.8 Å². The topological polar surface area (TPSA) is 93.1 Å². The summed E-state index contributed by atoms with van der Waals surface area (Å²) >= 11 is 13.7. The molecule has 0 bridgehead atoms. The lowest BCUT2D eigenvalue weighted by molar-refractivity contribution is 0.243. The van der Waals surface area contributed by atoms with Crippen LogP contribution in [0.4, 0.5) is 13.6 Å². The fourth-order valence-electron chi connectivity index (χ4n) is 4.21. The van der Waals surface area contributed by atoms with E-state index in [4.69, 9.17) is 23.2 Å². The van der Waals surface area contributed by atoms with Crippen molar-refractivity contribution >= 4 is 51.0 Å². The Morgan fingerprint density at radius 2 is 1.71 bits per heavy atom. The van der Waals surface area contributed by atoms with Gasteiger partial charge in [0.05, 0.1) is 21.9 Å². The number of urea groups is 1. The molecule has 0 saturated heterocycles. The number of nitrogens with zero attached hydrogens (tertiary/aromatic N) is 2. The molecule has 3 aromatic carbocycles. The zero-order valence-corrected chi connectivity index (χ0v) is 26.2. The van der Waals surface area contributed by atoms with Crippen molar-refractivity contribution in [2.75, 3.05) is 0 Å². The average molecular weight is 654 g/mol. The maximum atomic E-state index is 14.6. The number of thioether (sulfide) groups is 1. The summed E-state index contributed by atoms with van der Waals surface area (Å²) in [6, 6.07) is 13.7. The summed E-state index contributed by atoms with van der Waals surface area (Å²) in [6.07, 6.45) is 1.71. The first-order valence-electron chi connectivity index (χ1n) is 12.7. The van der Waals surface area contributed by atoms with Crippen LogP contribution in [0.1, 0.15) is 44.5 Å². The Labute approximate surface area is 257 Å². The first kappa shape index (κ1) is 31.8. The first-order valence-corrected chi connectivity index (χ1v) is 16.0. The maximum absolute atomic E-state index is 14.6. The molecule has 0 fully saturated rings. The minimum atomic E-state index is -4.47. The van der Waals surface area contributed by atoms with Gasteiger partial charge in [-0.25, -0.2) is 31.7 Å². The monoisotopic (exact) mass is 652 g/mol. The molecule has 1 aromatic heterocycles. The molecule has 42 heavy (non-hydrogen) atoms. The van der Waals surface area contributed by atoms with E-state index in [1.807, 2.05) is 29.2 Å². The lowest BCUT2D eigenvalue weighted by Gasteiger charge is -2.28. The van der Waals surface area contributed by atoms with Crippen LogP contribution in [0.3, 0.4) is 0 Å². The molecular formula is C29H28Cl2F2N4O3S2. The third-order valence-electron chi connectivity index (χ3n) is 6.40. The molecule has 7 nitrogen and oxygen atoms in total. The lowest BCUT2D eigenvalue weighted by Crippen LogP contribution is -2.42. The number of carbonyl (C=O) groups is 1. The molecule has 0 radical (unpaired) electrons. The highest BCUT2D eigenvalue weighted by molar-refractivity contribution is 7.98. The summed E-state index contributed by atoms with van der Waals surface area (Å²) in [7, 11) is -4.47. The van der Waals surface area contributed by atoms with Gasteiger partial charge in [0, 0.05) is 22.9 Å². The molecule has 1 heterocycles. The number of imidazole rings is 1. The smallest absolute Gasteiger partial charge is 0.328 e. The van der Waals surface area contributed by atoms with Crippen LogP contribution in [0.15, 0.2) is 76.9 Å². The molecule has 4 aromatic rings. The maximum Gasteiger partial charge on any atom is 0.328 e. The van der Waals surface area contributed by atoms with Gasteiger partial charge in [-0.3, -0.25) is 4.57 Å². The van der Waals surface area contributed by atoms with Crippen molar-refractivity contribution in [3.05, 3.63) is 105 Å². The van der Waals surface area contributed by atoms with Crippen LogP contribution in [0.2, 0.25) is 10.0 Å². The van der Waals surface area contributed by atoms with Crippen LogP contribution in [0, 0.1) is 11.6 Å². The second-order valence-corrected chi connectivity index (χ2v) is 13.7. The fourth-order valence-corrected chi connectivity index (χ4v) is 6.49. The second kappa shape index (κ2) is 12.6. The van der Waals surface area contributed by atoms with Gasteiger partial charge in [0.15, 0.2) is 5.16 Å². The predicted molar refractivity (Wildman–Crippen MR) is 162 cm³/mol. The fraction of sp³-hybridized carbons (Fsp3) is 0.241. The van der Waals surface area contributed by atoms with E-state index in [1.165, 1.54) is 36.0 Å². The molecule has 0 spiro atoms. The van der Waals surface area contributed by atoms with Crippen molar-refractivity contribution in [2.24, 2.45) is 0 Å². The molecule has 13 heteroatoms. The highest BCUT2D eigenvalue weighted by Gasteiger charge is 2.30. The number of hydrogen-bond acceptors (Lipinski definition) is 5. The second-order valence-electron chi connectivity index (χ2n) is 10.3. The zero-order chi connectivity index (χ0) is 30.8. The Morgan fingerprint density at radius 1 is 1.02 bits per heavy atom. The number of rotatable bonds is 9. The Morgan fingerprint density at radius 3 is 2.36 bits per heavy atom. The van der Waals surface area contributed by atoms with Gasteiger partial charge in [0.2, 0.25) is 0 Å². The van der Waals surface area contributed by atoms with Gasteiger partial charge in [0.25, 0.3) is 10.0 Å². The molecule has 0 atom stereocenters. The van der Waals surface area contributed by atoms with Crippen LogP contribution in [-0.2, 0) is 21.2 Å². The normalized spacial score (nSPS) is 12.0. The molecule has 2 amide bonds. The number of amides is 2. The molecule has 4 rings (SSSR count). The summed E-state index contributed by atoms with van der Waals surface area (Å²) in [4.78, 5) is 16.0. The van der Waals surface area contributed by atoms with Crippen LogP contribution >= 0.6 is 35.0 Å².